The Hall–Kier alpha value is -2.90. The molecule has 0 unspecified atom stereocenters. The zero-order valence-electron chi connectivity index (χ0n) is 14.1. The fraction of sp³-hybridized carbons (Fsp3) is 0.412. The van der Waals surface area contributed by atoms with E-state index in [-0.39, 0.29) is 6.09 Å². The van der Waals surface area contributed by atoms with E-state index in [2.05, 4.69) is 17.0 Å². The largest absolute Gasteiger partial charge is 0.448 e. The molecule has 2 aromatic rings. The number of hydrogen-bond donors (Lipinski definition) is 1. The van der Waals surface area contributed by atoms with Crippen molar-refractivity contribution in [1.29, 1.82) is 0 Å². The third kappa shape index (κ3) is 3.78. The molecule has 0 spiro atoms. The molecule has 1 aliphatic rings. The normalized spacial score (nSPS) is 14.0. The van der Waals surface area contributed by atoms with Gasteiger partial charge in [-0.2, -0.15) is 5.10 Å². The fourth-order valence-electron chi connectivity index (χ4n) is 2.62. The lowest BCUT2D eigenvalue weighted by atomic mass is 10.1. The highest BCUT2D eigenvalue weighted by molar-refractivity contribution is 5.93. The van der Waals surface area contributed by atoms with Crippen LogP contribution in [0.25, 0.3) is 11.4 Å². The minimum Gasteiger partial charge on any atom is -0.448 e. The number of ether oxygens (including phenoxy) is 1. The fourth-order valence-corrected chi connectivity index (χ4v) is 2.62. The molecular formula is C17H21N5O3. The highest BCUT2D eigenvalue weighted by Crippen LogP contribution is 2.19. The Morgan fingerprint density at radius 3 is 2.68 bits per heavy atom. The molecule has 8 heteroatoms. The van der Waals surface area contributed by atoms with Crippen molar-refractivity contribution >= 4 is 12.0 Å². The van der Waals surface area contributed by atoms with Gasteiger partial charge in [0.25, 0.3) is 0 Å². The summed E-state index contributed by atoms with van der Waals surface area (Å²) >= 11 is 0. The van der Waals surface area contributed by atoms with Crippen molar-refractivity contribution in [2.24, 2.45) is 5.73 Å². The van der Waals surface area contributed by atoms with Crippen molar-refractivity contribution in [3.63, 3.8) is 0 Å². The average molecular weight is 343 g/mol. The van der Waals surface area contributed by atoms with Crippen molar-refractivity contribution in [2.45, 2.75) is 32.9 Å². The number of carbonyl (C=O) groups is 2. The summed E-state index contributed by atoms with van der Waals surface area (Å²) in [7, 11) is 0. The Balaban J connectivity index is 1.86. The predicted molar refractivity (Wildman–Crippen MR) is 90.6 cm³/mol. The maximum atomic E-state index is 11.7. The summed E-state index contributed by atoms with van der Waals surface area (Å²) in [6, 6.07) is 6.85. The first kappa shape index (κ1) is 16.9. The highest BCUT2D eigenvalue weighted by atomic mass is 16.6. The van der Waals surface area contributed by atoms with Gasteiger partial charge >= 0.3 is 6.09 Å². The number of aromatic nitrogens is 3. The van der Waals surface area contributed by atoms with Crippen LogP contribution in [0.4, 0.5) is 4.79 Å². The maximum absolute atomic E-state index is 11.7. The first-order valence-corrected chi connectivity index (χ1v) is 8.34. The Morgan fingerprint density at radius 1 is 1.32 bits per heavy atom. The molecule has 0 aliphatic carbocycles. The number of primary amides is 1. The Morgan fingerprint density at radius 2 is 2.08 bits per heavy atom. The van der Waals surface area contributed by atoms with E-state index in [0.717, 1.165) is 30.8 Å². The van der Waals surface area contributed by atoms with Gasteiger partial charge in [0.15, 0.2) is 5.82 Å². The van der Waals surface area contributed by atoms with Gasteiger partial charge in [0.05, 0.1) is 13.1 Å². The van der Waals surface area contributed by atoms with Crippen molar-refractivity contribution in [3.8, 4) is 11.4 Å². The molecule has 1 aliphatic heterocycles. The number of cyclic esters (lactones) is 1. The topological polar surface area (TPSA) is 103 Å². The van der Waals surface area contributed by atoms with Crippen LogP contribution in [0.1, 0.15) is 35.9 Å². The first-order valence-electron chi connectivity index (χ1n) is 8.34. The Kier molecular flexibility index (Phi) is 4.97. The van der Waals surface area contributed by atoms with Crippen LogP contribution in [0.2, 0.25) is 0 Å². The highest BCUT2D eigenvalue weighted by Gasteiger charge is 2.24. The molecule has 2 amide bonds. The van der Waals surface area contributed by atoms with Gasteiger partial charge in [0.1, 0.15) is 12.4 Å². The molecule has 132 valence electrons. The molecule has 1 saturated heterocycles. The number of carbonyl (C=O) groups excluding carboxylic acids is 2. The van der Waals surface area contributed by atoms with Crippen LogP contribution >= 0.6 is 0 Å². The molecule has 0 atom stereocenters. The lowest BCUT2D eigenvalue weighted by Gasteiger charge is -2.12. The molecular weight excluding hydrogens is 322 g/mol. The van der Waals surface area contributed by atoms with Gasteiger partial charge in [-0.1, -0.05) is 25.5 Å². The zero-order valence-corrected chi connectivity index (χ0v) is 14.1. The smallest absolute Gasteiger partial charge is 0.410 e. The molecule has 25 heavy (non-hydrogen) atoms. The third-order valence-electron chi connectivity index (χ3n) is 4.08. The molecule has 8 nitrogen and oxygen atoms in total. The molecule has 0 bridgehead atoms. The second-order valence-corrected chi connectivity index (χ2v) is 5.91. The molecule has 1 fully saturated rings. The van der Waals surface area contributed by atoms with Crippen LogP contribution in [0, 0.1) is 0 Å². The van der Waals surface area contributed by atoms with E-state index in [9.17, 15) is 9.59 Å². The van der Waals surface area contributed by atoms with Crippen LogP contribution in [0.5, 0.6) is 0 Å². The Labute approximate surface area is 145 Å². The number of rotatable bonds is 7. The quantitative estimate of drug-likeness (QED) is 0.825. The monoisotopic (exact) mass is 343 g/mol. The second kappa shape index (κ2) is 7.33. The van der Waals surface area contributed by atoms with Gasteiger partial charge in [0, 0.05) is 17.7 Å². The van der Waals surface area contributed by atoms with E-state index >= 15 is 0 Å². The number of nitrogens with two attached hydrogens (primary N) is 1. The summed E-state index contributed by atoms with van der Waals surface area (Å²) in [5.74, 6) is 0.817. The summed E-state index contributed by atoms with van der Waals surface area (Å²) in [5, 5.41) is 4.57. The molecule has 0 radical (unpaired) electrons. The first-order chi connectivity index (χ1) is 12.1. The number of benzene rings is 1. The minimum atomic E-state index is -0.471. The number of aryl methyl sites for hydroxylation is 1. The number of amides is 2. The zero-order chi connectivity index (χ0) is 17.8. The summed E-state index contributed by atoms with van der Waals surface area (Å²) < 4.78 is 6.81. The van der Waals surface area contributed by atoms with E-state index in [1.807, 2.05) is 4.68 Å². The van der Waals surface area contributed by atoms with E-state index in [0.29, 0.717) is 31.1 Å². The molecule has 0 saturated carbocycles. The summed E-state index contributed by atoms with van der Waals surface area (Å²) in [5.41, 5.74) is 6.50. The summed E-state index contributed by atoms with van der Waals surface area (Å²) in [6.07, 6.45) is 1.69. The number of nitrogens with zero attached hydrogens (tertiary/aromatic N) is 4. The second-order valence-electron chi connectivity index (χ2n) is 5.91. The van der Waals surface area contributed by atoms with E-state index in [1.54, 1.807) is 29.2 Å². The van der Waals surface area contributed by atoms with Crippen molar-refractivity contribution in [2.75, 3.05) is 13.2 Å². The van der Waals surface area contributed by atoms with Crippen LogP contribution in [0.3, 0.4) is 0 Å². The average Bonchev–Trinajstić information content (AvgIpc) is 3.20. The van der Waals surface area contributed by atoms with Crippen LogP contribution < -0.4 is 5.73 Å². The van der Waals surface area contributed by atoms with Crippen molar-refractivity contribution in [3.05, 3.63) is 35.7 Å². The standard InChI is InChI=1S/C17H21N5O3/c1-2-3-8-22-14(11-21-9-10-25-17(21)24)19-16(20-22)13-6-4-12(5-7-13)15(18)23/h4-7H,2-3,8-11H2,1H3,(H2,18,23). The Bertz CT molecular complexity index is 769. The molecule has 2 heterocycles. The van der Waals surface area contributed by atoms with Gasteiger partial charge in [-0.15, -0.1) is 0 Å². The summed E-state index contributed by atoms with van der Waals surface area (Å²) in [6.45, 7) is 4.18. The number of unbranched alkanes of at least 4 members (excludes halogenated alkanes) is 1. The van der Waals surface area contributed by atoms with Crippen LogP contribution in [0.15, 0.2) is 24.3 Å². The van der Waals surface area contributed by atoms with Gasteiger partial charge < -0.3 is 10.5 Å². The summed E-state index contributed by atoms with van der Waals surface area (Å²) in [4.78, 5) is 29.1. The lowest BCUT2D eigenvalue weighted by Crippen LogP contribution is -2.25. The van der Waals surface area contributed by atoms with Crippen molar-refractivity contribution in [1.82, 2.24) is 19.7 Å². The van der Waals surface area contributed by atoms with Gasteiger partial charge in [0.2, 0.25) is 5.91 Å². The SMILES string of the molecule is CCCCn1nc(-c2ccc(C(N)=O)cc2)nc1CN1CCOC1=O. The maximum Gasteiger partial charge on any atom is 0.410 e. The van der Waals surface area contributed by atoms with Crippen LogP contribution in [-0.4, -0.2) is 44.8 Å². The van der Waals surface area contributed by atoms with E-state index in [1.165, 1.54) is 0 Å². The molecule has 1 aromatic heterocycles. The van der Waals surface area contributed by atoms with Gasteiger partial charge in [-0.3, -0.25) is 9.69 Å². The molecule has 1 aromatic carbocycles. The van der Waals surface area contributed by atoms with Crippen LogP contribution in [-0.2, 0) is 17.8 Å². The minimum absolute atomic E-state index is 0.322. The molecule has 2 N–H and O–H groups in total. The van der Waals surface area contributed by atoms with Gasteiger partial charge in [-0.05, 0) is 18.6 Å². The van der Waals surface area contributed by atoms with Crippen molar-refractivity contribution < 1.29 is 14.3 Å². The van der Waals surface area contributed by atoms with Gasteiger partial charge in [-0.25, -0.2) is 14.5 Å². The van der Waals surface area contributed by atoms with E-state index in [4.69, 9.17) is 10.5 Å². The number of hydrogen-bond acceptors (Lipinski definition) is 5. The van der Waals surface area contributed by atoms with E-state index < -0.39 is 5.91 Å². The third-order valence-corrected chi connectivity index (χ3v) is 4.08. The lowest BCUT2D eigenvalue weighted by molar-refractivity contribution is 0.1000. The predicted octanol–water partition coefficient (Wildman–Crippen LogP) is 1.80. The molecule has 3 rings (SSSR count).